The average Bonchev–Trinajstić information content (AvgIpc) is 2.42. The van der Waals surface area contributed by atoms with Crippen LogP contribution in [-0.4, -0.2) is 16.5 Å². The van der Waals surface area contributed by atoms with Crippen molar-refractivity contribution in [3.8, 4) is 6.19 Å². The van der Waals surface area contributed by atoms with E-state index in [0.29, 0.717) is 18.2 Å². The number of anilines is 2. The Labute approximate surface area is 110 Å². The highest BCUT2D eigenvalue weighted by Gasteiger charge is 1.98. The van der Waals surface area contributed by atoms with Crippen LogP contribution < -0.4 is 10.6 Å². The fraction of sp³-hybridized carbons (Fsp3) is 0.154. The summed E-state index contributed by atoms with van der Waals surface area (Å²) in [4.78, 5) is 7.91. The Kier molecular flexibility index (Phi) is 4.24. The van der Waals surface area contributed by atoms with Crippen molar-refractivity contribution in [3.63, 3.8) is 0 Å². The summed E-state index contributed by atoms with van der Waals surface area (Å²) < 4.78 is 12.7. The van der Waals surface area contributed by atoms with E-state index in [2.05, 4.69) is 20.6 Å². The number of hydrogen-bond donors (Lipinski definition) is 2. The molecule has 2 N–H and O–H groups in total. The van der Waals surface area contributed by atoms with Crippen LogP contribution in [-0.2, 0) is 6.42 Å². The Morgan fingerprint density at radius 1 is 1.16 bits per heavy atom. The maximum absolute atomic E-state index is 12.7. The summed E-state index contributed by atoms with van der Waals surface area (Å²) >= 11 is 0. The van der Waals surface area contributed by atoms with Gasteiger partial charge in [-0.1, -0.05) is 12.1 Å². The van der Waals surface area contributed by atoms with Gasteiger partial charge in [-0.3, -0.25) is 5.32 Å². The zero-order valence-corrected chi connectivity index (χ0v) is 10.1. The number of aromatic nitrogens is 2. The van der Waals surface area contributed by atoms with Crippen molar-refractivity contribution in [1.29, 1.82) is 5.26 Å². The second-order valence-electron chi connectivity index (χ2n) is 3.83. The number of nitriles is 1. The van der Waals surface area contributed by atoms with Gasteiger partial charge in [-0.15, -0.1) is 0 Å². The summed E-state index contributed by atoms with van der Waals surface area (Å²) in [5, 5.41) is 14.0. The number of nitrogens with one attached hydrogen (secondary N) is 2. The molecule has 0 radical (unpaired) electrons. The van der Waals surface area contributed by atoms with Crippen molar-refractivity contribution in [2.24, 2.45) is 0 Å². The van der Waals surface area contributed by atoms with Gasteiger partial charge in [-0.05, 0) is 24.1 Å². The van der Waals surface area contributed by atoms with Crippen LogP contribution in [0.2, 0.25) is 0 Å². The van der Waals surface area contributed by atoms with Crippen LogP contribution in [0.25, 0.3) is 0 Å². The van der Waals surface area contributed by atoms with Gasteiger partial charge in [0.15, 0.2) is 6.19 Å². The van der Waals surface area contributed by atoms with Gasteiger partial charge in [-0.25, -0.2) is 14.4 Å². The molecule has 0 atom stereocenters. The molecule has 0 spiro atoms. The topological polar surface area (TPSA) is 73.6 Å². The van der Waals surface area contributed by atoms with E-state index in [1.54, 1.807) is 24.4 Å². The highest BCUT2D eigenvalue weighted by molar-refractivity contribution is 5.48. The van der Waals surface area contributed by atoms with E-state index < -0.39 is 0 Å². The molecule has 0 bridgehead atoms. The predicted molar refractivity (Wildman–Crippen MR) is 69.9 cm³/mol. The van der Waals surface area contributed by atoms with Crippen molar-refractivity contribution >= 4 is 11.6 Å². The van der Waals surface area contributed by atoms with Crippen LogP contribution in [0.3, 0.4) is 0 Å². The molecule has 6 heteroatoms. The molecule has 0 aliphatic carbocycles. The Bertz CT molecular complexity index is 576. The van der Waals surface area contributed by atoms with E-state index in [1.165, 1.54) is 18.5 Å². The standard InChI is InChI=1S/C13H12FN5/c14-11-3-1-10(2-4-11)5-6-16-12-7-13(17-8-15)19-9-18-12/h1-4,7,9H,5-6H2,(H2,16,17,18,19). The monoisotopic (exact) mass is 257 g/mol. The molecule has 2 rings (SSSR count). The molecule has 2 aromatic rings. The second-order valence-corrected chi connectivity index (χ2v) is 3.83. The second kappa shape index (κ2) is 6.31. The van der Waals surface area contributed by atoms with Crippen molar-refractivity contribution in [3.05, 3.63) is 48.0 Å². The van der Waals surface area contributed by atoms with Crippen molar-refractivity contribution in [2.45, 2.75) is 6.42 Å². The molecular formula is C13H12FN5. The molecule has 0 fully saturated rings. The van der Waals surface area contributed by atoms with E-state index >= 15 is 0 Å². The maximum atomic E-state index is 12.7. The SMILES string of the molecule is N#CNc1cc(NCCc2ccc(F)cc2)ncn1. The minimum absolute atomic E-state index is 0.236. The van der Waals surface area contributed by atoms with Gasteiger partial charge in [0, 0.05) is 12.6 Å². The molecule has 0 saturated heterocycles. The number of rotatable bonds is 5. The van der Waals surface area contributed by atoms with Crippen LogP contribution >= 0.6 is 0 Å². The Hall–Kier alpha value is -2.68. The molecule has 1 heterocycles. The first-order valence-corrected chi connectivity index (χ1v) is 5.73. The van der Waals surface area contributed by atoms with Crippen molar-refractivity contribution < 1.29 is 4.39 Å². The lowest BCUT2D eigenvalue weighted by Gasteiger charge is -2.06. The van der Waals surface area contributed by atoms with E-state index in [-0.39, 0.29) is 5.82 Å². The molecule has 0 aliphatic heterocycles. The molecule has 0 amide bonds. The third-order valence-corrected chi connectivity index (χ3v) is 2.48. The van der Waals surface area contributed by atoms with Gasteiger partial charge in [0.1, 0.15) is 23.8 Å². The van der Waals surface area contributed by atoms with Crippen molar-refractivity contribution in [2.75, 3.05) is 17.2 Å². The summed E-state index contributed by atoms with van der Waals surface area (Å²) in [6.45, 7) is 0.661. The van der Waals surface area contributed by atoms with Gasteiger partial charge in [0.2, 0.25) is 0 Å². The molecule has 19 heavy (non-hydrogen) atoms. The van der Waals surface area contributed by atoms with Crippen molar-refractivity contribution in [1.82, 2.24) is 9.97 Å². The number of hydrogen-bond acceptors (Lipinski definition) is 5. The van der Waals surface area contributed by atoms with Gasteiger partial charge < -0.3 is 5.32 Å². The molecule has 0 unspecified atom stereocenters. The summed E-state index contributed by atoms with van der Waals surface area (Å²) in [5.41, 5.74) is 1.04. The minimum Gasteiger partial charge on any atom is -0.370 e. The fourth-order valence-electron chi connectivity index (χ4n) is 1.57. The van der Waals surface area contributed by atoms with E-state index in [0.717, 1.165) is 12.0 Å². The average molecular weight is 257 g/mol. The summed E-state index contributed by atoms with van der Waals surface area (Å²) in [5.74, 6) is 0.844. The van der Waals surface area contributed by atoms with E-state index in [9.17, 15) is 4.39 Å². The van der Waals surface area contributed by atoms with E-state index in [1.807, 2.05) is 0 Å². The highest BCUT2D eigenvalue weighted by atomic mass is 19.1. The van der Waals surface area contributed by atoms with Crippen LogP contribution in [0.5, 0.6) is 0 Å². The Morgan fingerprint density at radius 2 is 1.89 bits per heavy atom. The lowest BCUT2D eigenvalue weighted by Crippen LogP contribution is -2.07. The zero-order valence-electron chi connectivity index (χ0n) is 10.1. The lowest BCUT2D eigenvalue weighted by atomic mass is 10.1. The Balaban J connectivity index is 1.87. The molecule has 1 aromatic heterocycles. The van der Waals surface area contributed by atoms with Crippen LogP contribution in [0.15, 0.2) is 36.7 Å². The minimum atomic E-state index is -0.236. The predicted octanol–water partition coefficient (Wildman–Crippen LogP) is 2.16. The normalized spacial score (nSPS) is 9.68. The van der Waals surface area contributed by atoms with E-state index in [4.69, 9.17) is 5.26 Å². The van der Waals surface area contributed by atoms with Gasteiger partial charge in [0.05, 0.1) is 0 Å². The first-order chi connectivity index (χ1) is 9.28. The first kappa shape index (κ1) is 12.8. The smallest absolute Gasteiger partial charge is 0.182 e. The molecule has 96 valence electrons. The first-order valence-electron chi connectivity index (χ1n) is 5.73. The number of nitrogens with zero attached hydrogens (tertiary/aromatic N) is 3. The largest absolute Gasteiger partial charge is 0.370 e. The molecule has 5 nitrogen and oxygen atoms in total. The molecule has 0 aliphatic rings. The van der Waals surface area contributed by atoms with Gasteiger partial charge in [-0.2, -0.15) is 5.26 Å². The summed E-state index contributed by atoms with van der Waals surface area (Å²) in [6, 6.07) is 8.02. The highest BCUT2D eigenvalue weighted by Crippen LogP contribution is 2.08. The summed E-state index contributed by atoms with van der Waals surface area (Å²) in [6.07, 6.45) is 3.93. The van der Waals surface area contributed by atoms with Gasteiger partial charge >= 0.3 is 0 Å². The molecule has 1 aromatic carbocycles. The third kappa shape index (κ3) is 3.92. The van der Waals surface area contributed by atoms with Crippen LogP contribution in [0.1, 0.15) is 5.56 Å². The maximum Gasteiger partial charge on any atom is 0.182 e. The number of benzene rings is 1. The quantitative estimate of drug-likeness (QED) is 0.634. The molecular weight excluding hydrogens is 245 g/mol. The third-order valence-electron chi connectivity index (χ3n) is 2.48. The van der Waals surface area contributed by atoms with Crippen LogP contribution in [0.4, 0.5) is 16.0 Å². The fourth-order valence-corrected chi connectivity index (χ4v) is 1.57. The molecule has 0 saturated carbocycles. The zero-order chi connectivity index (χ0) is 13.5. The Morgan fingerprint density at radius 3 is 2.63 bits per heavy atom. The van der Waals surface area contributed by atoms with Gasteiger partial charge in [0.25, 0.3) is 0 Å². The summed E-state index contributed by atoms with van der Waals surface area (Å²) in [7, 11) is 0. The van der Waals surface area contributed by atoms with Crippen LogP contribution in [0, 0.1) is 17.3 Å². The lowest BCUT2D eigenvalue weighted by molar-refractivity contribution is 0.627. The number of halogens is 1.